The average Bonchev–Trinajstić information content (AvgIpc) is 3.05. The Balaban J connectivity index is 2.07. The minimum Gasteiger partial charge on any atom is -0.493 e. The maximum Gasteiger partial charge on any atom is 0.244 e. The molecule has 2 aromatic carbocycles. The van der Waals surface area contributed by atoms with Crippen molar-refractivity contribution in [3.63, 3.8) is 0 Å². The van der Waals surface area contributed by atoms with Crippen molar-refractivity contribution in [3.05, 3.63) is 42.0 Å². The van der Waals surface area contributed by atoms with Gasteiger partial charge in [-0.05, 0) is 49.1 Å². The summed E-state index contributed by atoms with van der Waals surface area (Å²) in [4.78, 5) is 12.9. The van der Waals surface area contributed by atoms with E-state index in [1.54, 1.807) is 18.2 Å². The molecule has 0 radical (unpaired) electrons. The first-order valence-corrected chi connectivity index (χ1v) is 12.0. The van der Waals surface area contributed by atoms with Gasteiger partial charge in [0, 0.05) is 19.2 Å². The van der Waals surface area contributed by atoms with Gasteiger partial charge in [0.25, 0.3) is 0 Å². The van der Waals surface area contributed by atoms with E-state index < -0.39 is 16.1 Å². The summed E-state index contributed by atoms with van der Waals surface area (Å²) >= 11 is 0. The number of hydrogen-bond donors (Lipinski definition) is 1. The van der Waals surface area contributed by atoms with Gasteiger partial charge in [0.05, 0.1) is 33.3 Å². The van der Waals surface area contributed by atoms with E-state index in [4.69, 9.17) is 18.9 Å². The van der Waals surface area contributed by atoms with Crippen LogP contribution < -0.4 is 24.3 Å². The second-order valence-electron chi connectivity index (χ2n) is 7.56. The van der Waals surface area contributed by atoms with Gasteiger partial charge in [0.2, 0.25) is 15.9 Å². The lowest BCUT2D eigenvalue weighted by Crippen LogP contribution is -2.48. The van der Waals surface area contributed by atoms with E-state index in [9.17, 15) is 13.2 Å². The van der Waals surface area contributed by atoms with Gasteiger partial charge in [-0.2, -0.15) is 4.31 Å². The predicted molar refractivity (Wildman–Crippen MR) is 122 cm³/mol. The molecule has 1 amide bonds. The fraction of sp³-hybridized carbons (Fsp3) is 0.435. The summed E-state index contributed by atoms with van der Waals surface area (Å²) in [6, 6.07) is 8.73. The van der Waals surface area contributed by atoms with Crippen molar-refractivity contribution in [2.75, 3.05) is 35.0 Å². The molecule has 1 saturated heterocycles. The molecule has 1 aliphatic heterocycles. The quantitative estimate of drug-likeness (QED) is 0.591. The number of amides is 1. The van der Waals surface area contributed by atoms with Gasteiger partial charge in [-0.3, -0.25) is 4.79 Å². The summed E-state index contributed by atoms with van der Waals surface area (Å²) in [6.45, 7) is 0.505. The van der Waals surface area contributed by atoms with Crippen molar-refractivity contribution in [2.24, 2.45) is 0 Å². The maximum atomic E-state index is 13.8. The normalized spacial score (nSPS) is 16.6. The van der Waals surface area contributed by atoms with Gasteiger partial charge in [0.1, 0.15) is 6.04 Å². The van der Waals surface area contributed by atoms with Crippen LogP contribution in [0.2, 0.25) is 0 Å². The van der Waals surface area contributed by atoms with E-state index in [-0.39, 0.29) is 23.1 Å². The molecule has 33 heavy (non-hydrogen) atoms. The minimum atomic E-state index is -4.08. The molecule has 9 nitrogen and oxygen atoms in total. The molecule has 1 aliphatic rings. The Hall–Kier alpha value is -2.98. The highest BCUT2D eigenvalue weighted by atomic mass is 32.2. The number of sulfonamides is 1. The first-order chi connectivity index (χ1) is 15.8. The minimum absolute atomic E-state index is 0.0117. The van der Waals surface area contributed by atoms with Crippen LogP contribution in [-0.4, -0.2) is 59.7 Å². The molecular weight excluding hydrogens is 448 g/mol. The summed E-state index contributed by atoms with van der Waals surface area (Å²) in [5.74, 6) is 1.40. The van der Waals surface area contributed by atoms with E-state index in [0.29, 0.717) is 35.8 Å². The van der Waals surface area contributed by atoms with E-state index >= 15 is 0 Å². The number of nitrogens with zero attached hydrogens (tertiary/aromatic N) is 1. The van der Waals surface area contributed by atoms with Crippen LogP contribution in [-0.2, 0) is 21.4 Å². The van der Waals surface area contributed by atoms with Gasteiger partial charge >= 0.3 is 0 Å². The SMILES string of the molecule is COc1ccc(CN(C2CCCCNC2=O)S(=O)(=O)c2ccc(OC)c(OC)c2)cc1OC. The molecule has 180 valence electrons. The van der Waals surface area contributed by atoms with E-state index in [1.807, 2.05) is 0 Å². The molecule has 0 spiro atoms. The lowest BCUT2D eigenvalue weighted by atomic mass is 10.1. The maximum absolute atomic E-state index is 13.8. The Morgan fingerprint density at radius 2 is 1.48 bits per heavy atom. The van der Waals surface area contributed by atoms with Crippen LogP contribution in [0.5, 0.6) is 23.0 Å². The van der Waals surface area contributed by atoms with Crippen LogP contribution in [0.1, 0.15) is 24.8 Å². The fourth-order valence-corrected chi connectivity index (χ4v) is 5.45. The Morgan fingerprint density at radius 1 is 0.879 bits per heavy atom. The molecule has 1 heterocycles. The molecule has 1 atom stereocenters. The molecule has 1 fully saturated rings. The summed E-state index contributed by atoms with van der Waals surface area (Å²) < 4.78 is 50.1. The number of benzene rings is 2. The summed E-state index contributed by atoms with van der Waals surface area (Å²) in [6.07, 6.45) is 1.95. The lowest BCUT2D eigenvalue weighted by molar-refractivity contribution is -0.124. The smallest absolute Gasteiger partial charge is 0.244 e. The van der Waals surface area contributed by atoms with Gasteiger partial charge in [0.15, 0.2) is 23.0 Å². The fourth-order valence-electron chi connectivity index (χ4n) is 3.83. The third kappa shape index (κ3) is 5.33. The van der Waals surface area contributed by atoms with Crippen LogP contribution >= 0.6 is 0 Å². The number of carbonyl (C=O) groups is 1. The first-order valence-electron chi connectivity index (χ1n) is 10.6. The van der Waals surface area contributed by atoms with Crippen LogP contribution in [0.4, 0.5) is 0 Å². The number of carbonyl (C=O) groups excluding carboxylic acids is 1. The van der Waals surface area contributed by atoms with Crippen molar-refractivity contribution >= 4 is 15.9 Å². The van der Waals surface area contributed by atoms with Crippen molar-refractivity contribution in [1.29, 1.82) is 0 Å². The zero-order chi connectivity index (χ0) is 24.0. The van der Waals surface area contributed by atoms with Gasteiger partial charge < -0.3 is 24.3 Å². The number of methoxy groups -OCH3 is 4. The van der Waals surface area contributed by atoms with Crippen LogP contribution in [0.15, 0.2) is 41.3 Å². The average molecular weight is 479 g/mol. The molecule has 0 saturated carbocycles. The monoisotopic (exact) mass is 478 g/mol. The standard InChI is InChI=1S/C23H30N2O7S/c1-29-19-10-8-16(13-21(19)31-3)15-25(18-7-5-6-12-24-23(18)26)33(27,28)17-9-11-20(30-2)22(14-17)32-4/h8-11,13-14,18H,5-7,12,15H2,1-4H3,(H,24,26). The van der Waals surface area contributed by atoms with Crippen molar-refractivity contribution in [3.8, 4) is 23.0 Å². The highest BCUT2D eigenvalue weighted by Crippen LogP contribution is 2.34. The third-order valence-electron chi connectivity index (χ3n) is 5.60. The molecule has 0 aromatic heterocycles. The Morgan fingerprint density at radius 3 is 2.12 bits per heavy atom. The molecule has 3 rings (SSSR count). The second kappa shape index (κ2) is 10.8. The van der Waals surface area contributed by atoms with Crippen LogP contribution in [0, 0.1) is 0 Å². The predicted octanol–water partition coefficient (Wildman–Crippen LogP) is 2.58. The van der Waals surface area contributed by atoms with E-state index in [0.717, 1.165) is 12.8 Å². The lowest BCUT2D eigenvalue weighted by Gasteiger charge is -2.29. The van der Waals surface area contributed by atoms with Crippen LogP contribution in [0.25, 0.3) is 0 Å². The summed E-state index contributed by atoms with van der Waals surface area (Å²) in [5.41, 5.74) is 0.661. The second-order valence-corrected chi connectivity index (χ2v) is 9.45. The Labute approximate surface area is 194 Å². The summed E-state index contributed by atoms with van der Waals surface area (Å²) in [7, 11) is 1.88. The molecule has 0 aliphatic carbocycles. The molecular formula is C23H30N2O7S. The van der Waals surface area contributed by atoms with E-state index in [2.05, 4.69) is 5.32 Å². The topological polar surface area (TPSA) is 103 Å². The molecule has 1 unspecified atom stereocenters. The van der Waals surface area contributed by atoms with Gasteiger partial charge in [-0.25, -0.2) is 8.42 Å². The Bertz CT molecular complexity index is 1090. The highest BCUT2D eigenvalue weighted by Gasteiger charge is 2.37. The molecule has 10 heteroatoms. The van der Waals surface area contributed by atoms with Crippen LogP contribution in [0.3, 0.4) is 0 Å². The van der Waals surface area contributed by atoms with E-state index in [1.165, 1.54) is 50.9 Å². The van der Waals surface area contributed by atoms with Gasteiger partial charge in [-0.1, -0.05) is 6.07 Å². The number of ether oxygens (including phenoxy) is 4. The zero-order valence-electron chi connectivity index (χ0n) is 19.3. The molecule has 1 N–H and O–H groups in total. The highest BCUT2D eigenvalue weighted by molar-refractivity contribution is 7.89. The molecule has 0 bridgehead atoms. The third-order valence-corrected chi connectivity index (χ3v) is 7.45. The number of hydrogen-bond acceptors (Lipinski definition) is 7. The first kappa shape index (κ1) is 24.7. The number of rotatable bonds is 9. The number of nitrogens with one attached hydrogen (secondary N) is 1. The van der Waals surface area contributed by atoms with Gasteiger partial charge in [-0.15, -0.1) is 0 Å². The Kier molecular flexibility index (Phi) is 8.04. The largest absolute Gasteiger partial charge is 0.493 e. The molecule has 2 aromatic rings. The van der Waals surface area contributed by atoms with Crippen molar-refractivity contribution in [2.45, 2.75) is 36.7 Å². The van der Waals surface area contributed by atoms with Crippen molar-refractivity contribution < 1.29 is 32.2 Å². The van der Waals surface area contributed by atoms with Crippen molar-refractivity contribution in [1.82, 2.24) is 9.62 Å². The summed E-state index contributed by atoms with van der Waals surface area (Å²) in [5, 5.41) is 2.83. The zero-order valence-corrected chi connectivity index (χ0v) is 20.1.